The maximum atomic E-state index is 11.2. The molecule has 0 aromatic heterocycles. The molecule has 0 radical (unpaired) electrons. The second kappa shape index (κ2) is 7.01. The number of carbonyl (C=O) groups excluding carboxylic acids is 1. The van der Waals surface area contributed by atoms with Crippen LogP contribution in [0, 0.1) is 0 Å². The molecular formula is C21H19NO2. The number of phenolic OH excluding ortho intramolecular Hbond substituents is 1. The van der Waals surface area contributed by atoms with Crippen LogP contribution >= 0.6 is 0 Å². The Kier molecular flexibility index (Phi) is 4.62. The Hall–Kier alpha value is -3.07. The zero-order chi connectivity index (χ0) is 16.9. The van der Waals surface area contributed by atoms with Crippen LogP contribution in [0.1, 0.15) is 12.0 Å². The van der Waals surface area contributed by atoms with E-state index in [0.29, 0.717) is 12.8 Å². The normalized spacial score (nSPS) is 10.5. The lowest BCUT2D eigenvalue weighted by atomic mass is 9.92. The molecule has 0 aliphatic rings. The van der Waals surface area contributed by atoms with Crippen LogP contribution in [0.4, 0.5) is 0 Å². The molecule has 0 saturated carbocycles. The van der Waals surface area contributed by atoms with E-state index in [0.717, 1.165) is 27.8 Å². The molecule has 3 nitrogen and oxygen atoms in total. The highest BCUT2D eigenvalue weighted by Gasteiger charge is 2.09. The Morgan fingerprint density at radius 1 is 0.833 bits per heavy atom. The average molecular weight is 317 g/mol. The molecule has 3 heteroatoms. The van der Waals surface area contributed by atoms with Crippen molar-refractivity contribution in [2.75, 3.05) is 0 Å². The highest BCUT2D eigenvalue weighted by Crippen LogP contribution is 2.31. The zero-order valence-corrected chi connectivity index (χ0v) is 13.3. The van der Waals surface area contributed by atoms with Gasteiger partial charge in [0.15, 0.2) is 0 Å². The summed E-state index contributed by atoms with van der Waals surface area (Å²) in [5.74, 6) is -0.0949. The number of benzene rings is 3. The van der Waals surface area contributed by atoms with Gasteiger partial charge in [0, 0.05) is 6.42 Å². The molecule has 0 atom stereocenters. The number of nitrogens with two attached hydrogens (primary N) is 1. The Labute approximate surface area is 141 Å². The smallest absolute Gasteiger partial charge is 0.217 e. The van der Waals surface area contributed by atoms with Crippen molar-refractivity contribution in [3.8, 4) is 28.0 Å². The first kappa shape index (κ1) is 15.8. The molecule has 3 aromatic carbocycles. The van der Waals surface area contributed by atoms with Gasteiger partial charge in [-0.2, -0.15) is 0 Å². The fourth-order valence-electron chi connectivity index (χ4n) is 2.82. The largest absolute Gasteiger partial charge is 0.508 e. The van der Waals surface area contributed by atoms with Gasteiger partial charge in [-0.3, -0.25) is 4.79 Å². The van der Waals surface area contributed by atoms with Crippen LogP contribution in [0.15, 0.2) is 72.8 Å². The van der Waals surface area contributed by atoms with Gasteiger partial charge in [-0.15, -0.1) is 0 Å². The van der Waals surface area contributed by atoms with Crippen molar-refractivity contribution >= 4 is 5.91 Å². The van der Waals surface area contributed by atoms with E-state index < -0.39 is 0 Å². The van der Waals surface area contributed by atoms with Gasteiger partial charge in [0.25, 0.3) is 0 Å². The lowest BCUT2D eigenvalue weighted by molar-refractivity contribution is -0.117. The second-order valence-electron chi connectivity index (χ2n) is 5.75. The molecule has 0 heterocycles. The van der Waals surface area contributed by atoms with Gasteiger partial charge in [-0.05, 0) is 46.4 Å². The zero-order valence-electron chi connectivity index (χ0n) is 13.3. The summed E-state index contributed by atoms with van der Waals surface area (Å²) in [7, 11) is 0. The van der Waals surface area contributed by atoms with Gasteiger partial charge >= 0.3 is 0 Å². The first-order chi connectivity index (χ1) is 11.6. The van der Waals surface area contributed by atoms with Gasteiger partial charge in [0.2, 0.25) is 5.91 Å². The molecule has 0 unspecified atom stereocenters. The molecule has 3 N–H and O–H groups in total. The van der Waals surface area contributed by atoms with Crippen LogP contribution in [0.5, 0.6) is 5.75 Å². The standard InChI is InChI=1S/C21H19NO2/c22-21(24)12-10-18-13-16(15-5-2-1-3-6-15)9-11-20(18)17-7-4-8-19(23)14-17/h1-9,11,13-14,23H,10,12H2,(H2,22,24). The number of phenols is 1. The lowest BCUT2D eigenvalue weighted by Gasteiger charge is -2.12. The fraction of sp³-hybridized carbons (Fsp3) is 0.0952. The number of hydrogen-bond donors (Lipinski definition) is 2. The minimum Gasteiger partial charge on any atom is -0.508 e. The molecule has 3 aromatic rings. The summed E-state index contributed by atoms with van der Waals surface area (Å²) in [4.78, 5) is 11.2. The minimum absolute atomic E-state index is 0.223. The quantitative estimate of drug-likeness (QED) is 0.742. The van der Waals surface area contributed by atoms with Crippen molar-refractivity contribution in [1.82, 2.24) is 0 Å². The number of amides is 1. The molecule has 120 valence electrons. The van der Waals surface area contributed by atoms with Crippen molar-refractivity contribution in [1.29, 1.82) is 0 Å². The molecule has 0 aliphatic carbocycles. The first-order valence-electron chi connectivity index (χ1n) is 7.89. The molecule has 3 rings (SSSR count). The predicted octanol–water partition coefficient (Wildman–Crippen LogP) is 4.14. The summed E-state index contributed by atoms with van der Waals surface area (Å²) in [6, 6.07) is 23.4. The van der Waals surface area contributed by atoms with Crippen LogP contribution in [0.3, 0.4) is 0 Å². The van der Waals surface area contributed by atoms with Gasteiger partial charge in [-0.25, -0.2) is 0 Å². The Morgan fingerprint density at radius 2 is 1.58 bits per heavy atom. The van der Waals surface area contributed by atoms with E-state index in [1.54, 1.807) is 12.1 Å². The third kappa shape index (κ3) is 3.63. The third-order valence-corrected chi connectivity index (χ3v) is 4.01. The first-order valence-corrected chi connectivity index (χ1v) is 7.89. The van der Waals surface area contributed by atoms with E-state index in [1.807, 2.05) is 36.4 Å². The second-order valence-corrected chi connectivity index (χ2v) is 5.75. The van der Waals surface area contributed by atoms with Gasteiger partial charge in [0.05, 0.1) is 0 Å². The van der Waals surface area contributed by atoms with Crippen molar-refractivity contribution in [2.24, 2.45) is 5.73 Å². The molecule has 0 spiro atoms. The van der Waals surface area contributed by atoms with Crippen LogP contribution in [0.25, 0.3) is 22.3 Å². The SMILES string of the molecule is NC(=O)CCc1cc(-c2ccccc2)ccc1-c1cccc(O)c1. The summed E-state index contributed by atoms with van der Waals surface area (Å²) in [5.41, 5.74) is 10.5. The van der Waals surface area contributed by atoms with Crippen molar-refractivity contribution in [2.45, 2.75) is 12.8 Å². The molecule has 0 saturated heterocycles. The average Bonchev–Trinajstić information content (AvgIpc) is 2.60. The number of primary amides is 1. The van der Waals surface area contributed by atoms with Crippen LogP contribution in [0.2, 0.25) is 0 Å². The molecule has 0 fully saturated rings. The van der Waals surface area contributed by atoms with Crippen LogP contribution in [-0.4, -0.2) is 11.0 Å². The Balaban J connectivity index is 2.06. The van der Waals surface area contributed by atoms with Gasteiger partial charge < -0.3 is 10.8 Å². The number of carbonyl (C=O) groups is 1. The Bertz CT molecular complexity index is 857. The van der Waals surface area contributed by atoms with Gasteiger partial charge in [0.1, 0.15) is 5.75 Å². The third-order valence-electron chi connectivity index (χ3n) is 4.01. The summed E-state index contributed by atoms with van der Waals surface area (Å²) in [6.07, 6.45) is 0.866. The molecule has 1 amide bonds. The molecule has 0 bridgehead atoms. The van der Waals surface area contributed by atoms with Crippen molar-refractivity contribution in [3.63, 3.8) is 0 Å². The fourth-order valence-corrected chi connectivity index (χ4v) is 2.82. The van der Waals surface area contributed by atoms with E-state index in [9.17, 15) is 9.90 Å². The summed E-state index contributed by atoms with van der Waals surface area (Å²) in [6.45, 7) is 0. The van der Waals surface area contributed by atoms with E-state index in [4.69, 9.17) is 5.73 Å². The molecular weight excluding hydrogens is 298 g/mol. The van der Waals surface area contributed by atoms with Gasteiger partial charge in [-0.1, -0.05) is 60.7 Å². The van der Waals surface area contributed by atoms with Crippen LogP contribution < -0.4 is 5.73 Å². The van der Waals surface area contributed by atoms with E-state index >= 15 is 0 Å². The minimum atomic E-state index is -0.318. The lowest BCUT2D eigenvalue weighted by Crippen LogP contribution is -2.11. The van der Waals surface area contributed by atoms with E-state index in [1.165, 1.54) is 0 Å². The van der Waals surface area contributed by atoms with Crippen molar-refractivity contribution in [3.05, 3.63) is 78.4 Å². The Morgan fingerprint density at radius 3 is 2.29 bits per heavy atom. The highest BCUT2D eigenvalue weighted by atomic mass is 16.3. The number of aryl methyl sites for hydroxylation is 1. The summed E-state index contributed by atoms with van der Waals surface area (Å²) >= 11 is 0. The highest BCUT2D eigenvalue weighted by molar-refractivity contribution is 5.77. The van der Waals surface area contributed by atoms with E-state index in [-0.39, 0.29) is 11.7 Å². The summed E-state index contributed by atoms with van der Waals surface area (Å²) < 4.78 is 0. The predicted molar refractivity (Wildman–Crippen MR) is 96.5 cm³/mol. The van der Waals surface area contributed by atoms with E-state index in [2.05, 4.69) is 24.3 Å². The topological polar surface area (TPSA) is 63.3 Å². The molecule has 24 heavy (non-hydrogen) atoms. The maximum absolute atomic E-state index is 11.2. The number of aromatic hydroxyl groups is 1. The van der Waals surface area contributed by atoms with Crippen molar-refractivity contribution < 1.29 is 9.90 Å². The monoisotopic (exact) mass is 317 g/mol. The maximum Gasteiger partial charge on any atom is 0.217 e. The number of rotatable bonds is 5. The summed E-state index contributed by atoms with van der Waals surface area (Å²) in [5, 5.41) is 9.74. The van der Waals surface area contributed by atoms with Crippen LogP contribution in [-0.2, 0) is 11.2 Å². The number of hydrogen-bond acceptors (Lipinski definition) is 2. The molecule has 0 aliphatic heterocycles.